The number of amides is 1. The second kappa shape index (κ2) is 8.77. The molecule has 0 aliphatic carbocycles. The molecule has 138 valence electrons. The molecule has 2 heterocycles. The average Bonchev–Trinajstić information content (AvgIpc) is 2.89. The molecular weight excluding hydrogens is 448 g/mol. The van der Waals surface area contributed by atoms with E-state index in [1.807, 2.05) is 30.3 Å². The Morgan fingerprint density at radius 3 is 2.93 bits per heavy atom. The van der Waals surface area contributed by atoms with Gasteiger partial charge in [-0.3, -0.25) is 19.5 Å². The molecular formula is C19H15BrN2O3S2. The van der Waals surface area contributed by atoms with E-state index in [4.69, 9.17) is 17.3 Å². The zero-order valence-electron chi connectivity index (χ0n) is 14.1. The number of carboxylic acids is 1. The van der Waals surface area contributed by atoms with Crippen molar-refractivity contribution in [3.63, 3.8) is 0 Å². The highest BCUT2D eigenvalue weighted by molar-refractivity contribution is 9.10. The fourth-order valence-electron chi connectivity index (χ4n) is 2.66. The van der Waals surface area contributed by atoms with Crippen LogP contribution in [0.2, 0.25) is 0 Å². The van der Waals surface area contributed by atoms with E-state index in [1.165, 1.54) is 16.7 Å². The van der Waals surface area contributed by atoms with Gasteiger partial charge in [0.1, 0.15) is 4.32 Å². The zero-order valence-corrected chi connectivity index (χ0v) is 17.3. The van der Waals surface area contributed by atoms with Crippen LogP contribution in [0.5, 0.6) is 0 Å². The molecule has 0 atom stereocenters. The minimum absolute atomic E-state index is 0.00570. The summed E-state index contributed by atoms with van der Waals surface area (Å²) >= 11 is 10.00. The third kappa shape index (κ3) is 4.82. The van der Waals surface area contributed by atoms with E-state index in [1.54, 1.807) is 18.5 Å². The molecule has 1 aromatic heterocycles. The number of aliphatic carboxylic acids is 1. The van der Waals surface area contributed by atoms with E-state index in [2.05, 4.69) is 20.9 Å². The molecule has 1 aliphatic rings. The molecule has 1 aromatic carbocycles. The number of carbonyl (C=O) groups is 2. The molecule has 8 heteroatoms. The normalized spacial score (nSPS) is 15.6. The van der Waals surface area contributed by atoms with E-state index in [-0.39, 0.29) is 12.3 Å². The molecule has 1 N–H and O–H groups in total. The molecule has 1 amide bonds. The minimum Gasteiger partial charge on any atom is -0.481 e. The van der Waals surface area contributed by atoms with Crippen molar-refractivity contribution in [2.45, 2.75) is 12.8 Å². The van der Waals surface area contributed by atoms with Crippen LogP contribution in [0.1, 0.15) is 18.4 Å². The highest BCUT2D eigenvalue weighted by atomic mass is 79.9. The monoisotopic (exact) mass is 462 g/mol. The van der Waals surface area contributed by atoms with Crippen LogP contribution >= 0.6 is 39.9 Å². The first-order valence-corrected chi connectivity index (χ1v) is 10.1. The largest absolute Gasteiger partial charge is 0.481 e. The Morgan fingerprint density at radius 1 is 1.37 bits per heavy atom. The second-order valence-electron chi connectivity index (χ2n) is 5.80. The molecule has 0 bridgehead atoms. The highest BCUT2D eigenvalue weighted by Gasteiger charge is 2.31. The lowest BCUT2D eigenvalue weighted by molar-refractivity contribution is -0.137. The van der Waals surface area contributed by atoms with Gasteiger partial charge in [-0.05, 0) is 41.8 Å². The molecule has 5 nitrogen and oxygen atoms in total. The Morgan fingerprint density at radius 2 is 2.19 bits per heavy atom. The maximum absolute atomic E-state index is 12.7. The van der Waals surface area contributed by atoms with Crippen molar-refractivity contribution in [2.75, 3.05) is 6.54 Å². The van der Waals surface area contributed by atoms with Gasteiger partial charge < -0.3 is 5.11 Å². The van der Waals surface area contributed by atoms with Crippen molar-refractivity contribution in [1.82, 2.24) is 9.88 Å². The number of thiocarbonyl (C=S) groups is 1. The van der Waals surface area contributed by atoms with Crippen molar-refractivity contribution in [1.29, 1.82) is 0 Å². The molecule has 27 heavy (non-hydrogen) atoms. The van der Waals surface area contributed by atoms with Crippen molar-refractivity contribution in [2.24, 2.45) is 0 Å². The number of thioether (sulfide) groups is 1. The number of carboxylic acid groups (broad SMARTS) is 1. The van der Waals surface area contributed by atoms with Gasteiger partial charge >= 0.3 is 5.97 Å². The van der Waals surface area contributed by atoms with Crippen LogP contribution < -0.4 is 0 Å². The van der Waals surface area contributed by atoms with E-state index in [9.17, 15) is 9.59 Å². The molecule has 1 saturated heterocycles. The van der Waals surface area contributed by atoms with Crippen molar-refractivity contribution >= 4 is 62.2 Å². The van der Waals surface area contributed by atoms with Gasteiger partial charge in [-0.15, -0.1) is 0 Å². The maximum atomic E-state index is 12.7. The van der Waals surface area contributed by atoms with Crippen LogP contribution in [0.15, 0.2) is 52.1 Å². The van der Waals surface area contributed by atoms with E-state index < -0.39 is 5.97 Å². The average molecular weight is 463 g/mol. The van der Waals surface area contributed by atoms with Gasteiger partial charge in [0.25, 0.3) is 5.91 Å². The number of nitrogens with zero attached hydrogens (tertiary/aromatic N) is 2. The number of aromatic nitrogens is 1. The van der Waals surface area contributed by atoms with Gasteiger partial charge in [-0.25, -0.2) is 0 Å². The highest BCUT2D eigenvalue weighted by Crippen LogP contribution is 2.35. The van der Waals surface area contributed by atoms with Crippen molar-refractivity contribution < 1.29 is 14.7 Å². The second-order valence-corrected chi connectivity index (χ2v) is 8.40. The van der Waals surface area contributed by atoms with E-state index in [0.717, 1.165) is 21.2 Å². The molecule has 2 aromatic rings. The van der Waals surface area contributed by atoms with Gasteiger partial charge in [0, 0.05) is 35.4 Å². The standard InChI is InChI=1S/C19H15BrN2O3S2/c20-14-4-1-3-12(9-14)15-6-7-21-11-13(15)10-16-18(25)22(19(26)27-16)8-2-5-17(23)24/h1,3-4,6-7,9-11H,2,5,8H2,(H,23,24). The number of rotatable bonds is 6. The summed E-state index contributed by atoms with van der Waals surface area (Å²) in [5, 5.41) is 8.76. The quantitative estimate of drug-likeness (QED) is 0.500. The third-order valence-electron chi connectivity index (χ3n) is 3.92. The minimum atomic E-state index is -0.884. The van der Waals surface area contributed by atoms with Crippen LogP contribution in [-0.2, 0) is 9.59 Å². The van der Waals surface area contributed by atoms with Crippen molar-refractivity contribution in [3.8, 4) is 11.1 Å². The summed E-state index contributed by atoms with van der Waals surface area (Å²) in [5.74, 6) is -1.08. The zero-order chi connectivity index (χ0) is 19.4. The number of benzene rings is 1. The van der Waals surface area contributed by atoms with Crippen LogP contribution in [0, 0.1) is 0 Å². The lowest BCUT2D eigenvalue weighted by atomic mass is 10.0. The molecule has 1 aliphatic heterocycles. The summed E-state index contributed by atoms with van der Waals surface area (Å²) in [6, 6.07) is 9.80. The summed E-state index contributed by atoms with van der Waals surface area (Å²) in [6.07, 6.45) is 5.59. The molecule has 0 unspecified atom stereocenters. The Kier molecular flexibility index (Phi) is 6.41. The fraction of sp³-hybridized carbons (Fsp3) is 0.158. The molecule has 0 radical (unpaired) electrons. The lowest BCUT2D eigenvalue weighted by Gasteiger charge is -2.13. The number of pyridine rings is 1. The summed E-state index contributed by atoms with van der Waals surface area (Å²) < 4.78 is 1.41. The summed E-state index contributed by atoms with van der Waals surface area (Å²) in [7, 11) is 0. The number of halogens is 1. The smallest absolute Gasteiger partial charge is 0.303 e. The Bertz CT molecular complexity index is 946. The Balaban J connectivity index is 1.86. The fourth-order valence-corrected chi connectivity index (χ4v) is 4.36. The number of carbonyl (C=O) groups excluding carboxylic acids is 1. The molecule has 0 spiro atoms. The van der Waals surface area contributed by atoms with Crippen LogP contribution in [0.4, 0.5) is 0 Å². The van der Waals surface area contributed by atoms with Gasteiger partial charge in [0.15, 0.2) is 0 Å². The number of hydrogen-bond donors (Lipinski definition) is 1. The van der Waals surface area contributed by atoms with Gasteiger partial charge in [0.2, 0.25) is 0 Å². The summed E-state index contributed by atoms with van der Waals surface area (Å²) in [5.41, 5.74) is 2.79. The van der Waals surface area contributed by atoms with Gasteiger partial charge in [0.05, 0.1) is 4.91 Å². The van der Waals surface area contributed by atoms with Crippen molar-refractivity contribution in [3.05, 3.63) is 57.7 Å². The SMILES string of the molecule is O=C(O)CCCN1C(=O)C(=Cc2cnccc2-c2cccc(Br)c2)SC1=S. The predicted molar refractivity (Wildman–Crippen MR) is 114 cm³/mol. The number of hydrogen-bond acceptors (Lipinski definition) is 5. The van der Waals surface area contributed by atoms with E-state index >= 15 is 0 Å². The third-order valence-corrected chi connectivity index (χ3v) is 5.79. The molecule has 3 rings (SSSR count). The first-order chi connectivity index (χ1) is 13.0. The predicted octanol–water partition coefficient (Wildman–Crippen LogP) is 4.58. The summed E-state index contributed by atoms with van der Waals surface area (Å²) in [4.78, 5) is 29.5. The Hall–Kier alpha value is -2.03. The van der Waals surface area contributed by atoms with Crippen LogP contribution in [-0.4, -0.2) is 37.7 Å². The topological polar surface area (TPSA) is 70.5 Å². The maximum Gasteiger partial charge on any atom is 0.303 e. The lowest BCUT2D eigenvalue weighted by Crippen LogP contribution is -2.29. The Labute approximate surface area is 174 Å². The van der Waals surface area contributed by atoms with Gasteiger partial charge in [-0.1, -0.05) is 52.0 Å². The summed E-state index contributed by atoms with van der Waals surface area (Å²) in [6.45, 7) is 0.305. The van der Waals surface area contributed by atoms with Gasteiger partial charge in [-0.2, -0.15) is 0 Å². The molecule has 0 saturated carbocycles. The van der Waals surface area contributed by atoms with E-state index in [0.29, 0.717) is 22.2 Å². The van der Waals surface area contributed by atoms with Crippen LogP contribution in [0.25, 0.3) is 17.2 Å². The first-order valence-electron chi connectivity index (χ1n) is 8.13. The first kappa shape index (κ1) is 19.7. The van der Waals surface area contributed by atoms with Crippen LogP contribution in [0.3, 0.4) is 0 Å². The molecule has 1 fully saturated rings.